The summed E-state index contributed by atoms with van der Waals surface area (Å²) >= 11 is 7.53. The minimum atomic E-state index is -0.428. The second-order valence-electron chi connectivity index (χ2n) is 9.09. The van der Waals surface area contributed by atoms with Gasteiger partial charge in [-0.2, -0.15) is 0 Å². The first kappa shape index (κ1) is 24.6. The third kappa shape index (κ3) is 4.93. The van der Waals surface area contributed by atoms with Crippen molar-refractivity contribution in [2.24, 2.45) is 5.92 Å². The van der Waals surface area contributed by atoms with E-state index in [2.05, 4.69) is 20.3 Å². The van der Waals surface area contributed by atoms with Crippen LogP contribution in [0.25, 0.3) is 11.1 Å². The van der Waals surface area contributed by atoms with Gasteiger partial charge in [0.15, 0.2) is 5.13 Å². The number of amides is 2. The van der Waals surface area contributed by atoms with Gasteiger partial charge in [-0.05, 0) is 44.7 Å². The van der Waals surface area contributed by atoms with Crippen LogP contribution >= 0.6 is 22.9 Å². The van der Waals surface area contributed by atoms with Gasteiger partial charge in [0.05, 0.1) is 30.7 Å². The summed E-state index contributed by atoms with van der Waals surface area (Å²) in [5.74, 6) is 0.113. The van der Waals surface area contributed by atoms with Crippen LogP contribution in [0.2, 0.25) is 5.15 Å². The number of halogens is 1. The molecule has 4 heterocycles. The molecule has 11 heteroatoms. The number of aromatic nitrogens is 3. The van der Waals surface area contributed by atoms with Crippen LogP contribution in [0.5, 0.6) is 5.75 Å². The topological polar surface area (TPSA) is 118 Å². The molecule has 9 nitrogen and oxygen atoms in total. The number of anilines is 1. The lowest BCUT2D eigenvalue weighted by Gasteiger charge is -2.25. The zero-order valence-corrected chi connectivity index (χ0v) is 21.5. The maximum Gasteiger partial charge on any atom is 0.259 e. The van der Waals surface area contributed by atoms with Gasteiger partial charge in [0.2, 0.25) is 5.91 Å². The van der Waals surface area contributed by atoms with E-state index in [9.17, 15) is 14.7 Å². The summed E-state index contributed by atoms with van der Waals surface area (Å²) < 4.78 is 5.45. The molecule has 1 aliphatic heterocycles. The normalized spacial score (nSPS) is 19.2. The van der Waals surface area contributed by atoms with Gasteiger partial charge in [0.25, 0.3) is 5.91 Å². The van der Waals surface area contributed by atoms with Crippen LogP contribution in [0, 0.1) is 12.8 Å². The minimum absolute atomic E-state index is 0.0940. The summed E-state index contributed by atoms with van der Waals surface area (Å²) in [6, 6.07) is 3.46. The maximum atomic E-state index is 13.3. The highest BCUT2D eigenvalue weighted by molar-refractivity contribution is 7.15. The number of thiazole rings is 1. The fourth-order valence-corrected chi connectivity index (χ4v) is 6.00. The van der Waals surface area contributed by atoms with Crippen molar-refractivity contribution in [2.75, 3.05) is 25.5 Å². The van der Waals surface area contributed by atoms with Gasteiger partial charge in [-0.3, -0.25) is 19.9 Å². The molecule has 1 saturated heterocycles. The fraction of sp³-hybridized carbons (Fsp3) is 0.400. The quantitative estimate of drug-likeness (QED) is 0.487. The Bertz CT molecular complexity index is 1330. The molecule has 0 aromatic carbocycles. The van der Waals surface area contributed by atoms with E-state index in [1.54, 1.807) is 11.0 Å². The Kier molecular flexibility index (Phi) is 6.92. The Balaban J connectivity index is 1.36. The number of pyridine rings is 2. The van der Waals surface area contributed by atoms with Crippen LogP contribution in [-0.2, 0) is 17.6 Å². The molecule has 3 aromatic rings. The number of likely N-dealkylation sites (tertiary alicyclic amines) is 1. The lowest BCUT2D eigenvalue weighted by molar-refractivity contribution is -0.135. The number of aryl methyl sites for hydroxylation is 2. The standard InChI is InChI=1S/C25H26ClN5O4S/c1-13-7-16(17-9-22(26)28-11-20(17)35-2)18(10-27-13)23(33)30-25-29-19-4-3-14(8-21(19)36-25)24(34)31-6-5-15(32)12-31/h7,9-11,14-15,32H,3-6,8,12H2,1-2H3,(H,29,30,33)/t14-,15+/m0/s1. The Hall–Kier alpha value is -3.08. The summed E-state index contributed by atoms with van der Waals surface area (Å²) in [6.45, 7) is 2.86. The molecule has 3 aromatic heterocycles. The third-order valence-corrected chi connectivity index (χ3v) is 7.86. The van der Waals surface area contributed by atoms with Crippen molar-refractivity contribution in [1.82, 2.24) is 19.9 Å². The van der Waals surface area contributed by atoms with Crippen molar-refractivity contribution >= 4 is 39.9 Å². The monoisotopic (exact) mass is 527 g/mol. The third-order valence-electron chi connectivity index (χ3n) is 6.61. The zero-order valence-electron chi connectivity index (χ0n) is 20.0. The first-order chi connectivity index (χ1) is 17.3. The number of fused-ring (bicyclic) bond motifs is 1. The van der Waals surface area contributed by atoms with Crippen LogP contribution in [0.15, 0.2) is 24.5 Å². The Morgan fingerprint density at radius 1 is 1.22 bits per heavy atom. The van der Waals surface area contributed by atoms with Crippen LogP contribution in [-0.4, -0.2) is 63.1 Å². The average Bonchev–Trinajstić information content (AvgIpc) is 3.48. The molecular weight excluding hydrogens is 502 g/mol. The van der Waals surface area contributed by atoms with E-state index in [1.165, 1.54) is 30.8 Å². The maximum absolute atomic E-state index is 13.3. The highest BCUT2D eigenvalue weighted by Crippen LogP contribution is 2.36. The van der Waals surface area contributed by atoms with Crippen molar-refractivity contribution in [3.8, 4) is 16.9 Å². The average molecular weight is 528 g/mol. The number of hydrogen-bond donors (Lipinski definition) is 2. The van der Waals surface area contributed by atoms with Gasteiger partial charge in [-0.25, -0.2) is 9.97 Å². The van der Waals surface area contributed by atoms with Gasteiger partial charge in [-0.1, -0.05) is 11.6 Å². The Morgan fingerprint density at radius 2 is 2.06 bits per heavy atom. The van der Waals surface area contributed by atoms with Gasteiger partial charge < -0.3 is 14.7 Å². The van der Waals surface area contributed by atoms with Gasteiger partial charge >= 0.3 is 0 Å². The van der Waals surface area contributed by atoms with Gasteiger partial charge in [-0.15, -0.1) is 11.3 Å². The smallest absolute Gasteiger partial charge is 0.259 e. The first-order valence-electron chi connectivity index (χ1n) is 11.8. The number of ether oxygens (including phenoxy) is 1. The van der Waals surface area contributed by atoms with Crippen LogP contribution in [0.1, 0.15) is 39.5 Å². The SMILES string of the molecule is COc1cnc(Cl)cc1-c1cc(C)ncc1C(=O)Nc1nc2c(s1)C[C@@H](C(=O)N1CC[C@@H](O)C1)CC2. The molecule has 0 unspecified atom stereocenters. The summed E-state index contributed by atoms with van der Waals surface area (Å²) in [4.78, 5) is 42.0. The molecule has 0 radical (unpaired) electrons. The molecule has 2 amide bonds. The number of nitrogens with zero attached hydrogens (tertiary/aromatic N) is 4. The molecule has 5 rings (SSSR count). The van der Waals surface area contributed by atoms with E-state index in [1.807, 2.05) is 13.0 Å². The molecule has 0 spiro atoms. The van der Waals surface area contributed by atoms with E-state index < -0.39 is 6.10 Å². The molecule has 36 heavy (non-hydrogen) atoms. The zero-order chi connectivity index (χ0) is 25.4. The van der Waals surface area contributed by atoms with Crippen LogP contribution in [0.3, 0.4) is 0 Å². The molecule has 188 valence electrons. The number of aliphatic hydroxyl groups is 1. The summed E-state index contributed by atoms with van der Waals surface area (Å²) in [5.41, 5.74) is 3.28. The minimum Gasteiger partial charge on any atom is -0.494 e. The number of nitrogens with one attached hydrogen (secondary N) is 1. The predicted molar refractivity (Wildman–Crippen MR) is 137 cm³/mol. The number of methoxy groups -OCH3 is 1. The summed E-state index contributed by atoms with van der Waals surface area (Å²) in [5, 5.41) is 13.5. The van der Waals surface area contributed by atoms with Crippen molar-refractivity contribution in [2.45, 2.75) is 38.7 Å². The lowest BCUT2D eigenvalue weighted by Crippen LogP contribution is -2.37. The molecule has 2 N–H and O–H groups in total. The molecular formula is C25H26ClN5O4S. The largest absolute Gasteiger partial charge is 0.494 e. The number of hydrogen-bond acceptors (Lipinski definition) is 8. The fourth-order valence-electron chi connectivity index (χ4n) is 4.76. The lowest BCUT2D eigenvalue weighted by atomic mass is 9.90. The van der Waals surface area contributed by atoms with E-state index >= 15 is 0 Å². The molecule has 0 saturated carbocycles. The van der Waals surface area contributed by atoms with Crippen molar-refractivity contribution in [3.63, 3.8) is 0 Å². The van der Waals surface area contributed by atoms with E-state index in [0.29, 0.717) is 66.3 Å². The molecule has 2 atom stereocenters. The highest BCUT2D eigenvalue weighted by atomic mass is 35.5. The van der Waals surface area contributed by atoms with Gasteiger partial charge in [0.1, 0.15) is 10.9 Å². The van der Waals surface area contributed by atoms with Crippen molar-refractivity contribution in [1.29, 1.82) is 0 Å². The number of rotatable bonds is 5. The van der Waals surface area contributed by atoms with E-state index in [0.717, 1.165) is 16.3 Å². The van der Waals surface area contributed by atoms with Crippen LogP contribution < -0.4 is 10.1 Å². The number of carbonyl (C=O) groups excluding carboxylic acids is 2. The predicted octanol–water partition coefficient (Wildman–Crippen LogP) is 3.52. The van der Waals surface area contributed by atoms with E-state index in [4.69, 9.17) is 16.3 Å². The molecule has 2 aliphatic rings. The molecule has 1 aliphatic carbocycles. The first-order valence-corrected chi connectivity index (χ1v) is 12.9. The highest BCUT2D eigenvalue weighted by Gasteiger charge is 2.33. The van der Waals surface area contributed by atoms with E-state index in [-0.39, 0.29) is 22.9 Å². The second kappa shape index (κ2) is 10.1. The summed E-state index contributed by atoms with van der Waals surface area (Å²) in [7, 11) is 1.53. The van der Waals surface area contributed by atoms with Crippen molar-refractivity contribution in [3.05, 3.63) is 51.5 Å². The number of carbonyl (C=O) groups is 2. The number of aliphatic hydroxyl groups excluding tert-OH is 1. The summed E-state index contributed by atoms with van der Waals surface area (Å²) in [6.07, 6.45) is 5.24. The molecule has 0 bridgehead atoms. The number of β-amino-alcohol motifs (C(OH)–C–C–N with tert-alkyl or cyclic N) is 1. The Labute approximate surface area is 217 Å². The Morgan fingerprint density at radius 3 is 2.81 bits per heavy atom. The van der Waals surface area contributed by atoms with Crippen molar-refractivity contribution < 1.29 is 19.4 Å². The van der Waals surface area contributed by atoms with Gasteiger partial charge in [0, 0.05) is 46.9 Å². The molecule has 1 fully saturated rings. The van der Waals surface area contributed by atoms with Crippen LogP contribution in [0.4, 0.5) is 5.13 Å². The second-order valence-corrected chi connectivity index (χ2v) is 10.6.